The number of nitrogens with two attached hydrogens (primary N) is 1. The van der Waals surface area contributed by atoms with Gasteiger partial charge in [-0.25, -0.2) is 0 Å². The molecule has 1 aromatic rings. The van der Waals surface area contributed by atoms with E-state index < -0.39 is 0 Å². The van der Waals surface area contributed by atoms with E-state index in [4.69, 9.17) is 10.6 Å². The zero-order chi connectivity index (χ0) is 11.8. The molecule has 16 heavy (non-hydrogen) atoms. The summed E-state index contributed by atoms with van der Waals surface area (Å²) in [5.74, 6) is 5.48. The average molecular weight is 226 g/mol. The third-order valence-electron chi connectivity index (χ3n) is 2.57. The van der Waals surface area contributed by atoms with E-state index in [1.54, 1.807) is 0 Å². The molecule has 0 fully saturated rings. The van der Waals surface area contributed by atoms with Crippen LogP contribution in [0.1, 0.15) is 25.5 Å². The molecule has 1 rings (SSSR count). The fraction of sp³-hybridized carbons (Fsp3) is 0.727. The molecule has 0 bridgehead atoms. The quantitative estimate of drug-likeness (QED) is 0.387. The van der Waals surface area contributed by atoms with Gasteiger partial charge in [0.15, 0.2) is 0 Å². The van der Waals surface area contributed by atoms with Crippen molar-refractivity contribution < 1.29 is 4.74 Å². The van der Waals surface area contributed by atoms with Crippen LogP contribution in [0.4, 0.5) is 0 Å². The number of hydrazine groups is 1. The monoisotopic (exact) mass is 226 g/mol. The van der Waals surface area contributed by atoms with Gasteiger partial charge >= 0.3 is 0 Å². The highest BCUT2D eigenvalue weighted by Crippen LogP contribution is 2.04. The lowest BCUT2D eigenvalue weighted by molar-refractivity contribution is 0.109. The maximum atomic E-state index is 5.48. The Morgan fingerprint density at radius 2 is 2.44 bits per heavy atom. The van der Waals surface area contributed by atoms with Crippen molar-refractivity contribution in [1.82, 2.24) is 15.2 Å². The Balaban J connectivity index is 2.26. The lowest BCUT2D eigenvalue weighted by Gasteiger charge is -2.15. The molecule has 1 atom stereocenters. The predicted octanol–water partition coefficient (Wildman–Crippen LogP) is 0.611. The molecule has 5 heteroatoms. The van der Waals surface area contributed by atoms with Crippen LogP contribution in [0.3, 0.4) is 0 Å². The van der Waals surface area contributed by atoms with Gasteiger partial charge in [-0.15, -0.1) is 0 Å². The van der Waals surface area contributed by atoms with E-state index >= 15 is 0 Å². The molecule has 0 amide bonds. The maximum absolute atomic E-state index is 5.48. The lowest BCUT2D eigenvalue weighted by Crippen LogP contribution is -2.39. The van der Waals surface area contributed by atoms with E-state index in [0.717, 1.165) is 25.9 Å². The van der Waals surface area contributed by atoms with Gasteiger partial charge < -0.3 is 4.74 Å². The second-order valence-electron chi connectivity index (χ2n) is 3.92. The van der Waals surface area contributed by atoms with Crippen LogP contribution in [-0.4, -0.2) is 29.0 Å². The topological polar surface area (TPSA) is 65.1 Å². The fourth-order valence-corrected chi connectivity index (χ4v) is 1.55. The molecular formula is C11H22N4O. The predicted molar refractivity (Wildman–Crippen MR) is 63.8 cm³/mol. The van der Waals surface area contributed by atoms with Crippen LogP contribution >= 0.6 is 0 Å². The standard InChI is InChI=1S/C11H22N4O/c1-3-8-16-9-10(14-12)4-5-11-6-7-13-15(11)2/h6-7,10,14H,3-5,8-9,12H2,1-2H3. The van der Waals surface area contributed by atoms with Gasteiger partial charge in [0.1, 0.15) is 0 Å². The van der Waals surface area contributed by atoms with Crippen molar-refractivity contribution >= 4 is 0 Å². The lowest BCUT2D eigenvalue weighted by atomic mass is 10.1. The Morgan fingerprint density at radius 3 is 3.00 bits per heavy atom. The van der Waals surface area contributed by atoms with Crippen LogP contribution < -0.4 is 11.3 Å². The molecule has 5 nitrogen and oxygen atoms in total. The molecule has 3 N–H and O–H groups in total. The molecule has 0 aliphatic rings. The zero-order valence-corrected chi connectivity index (χ0v) is 10.1. The Bertz CT molecular complexity index is 287. The Kier molecular flexibility index (Phi) is 6.07. The van der Waals surface area contributed by atoms with Crippen molar-refractivity contribution in [3.8, 4) is 0 Å². The van der Waals surface area contributed by atoms with Gasteiger partial charge in [0.05, 0.1) is 6.61 Å². The van der Waals surface area contributed by atoms with Crippen molar-refractivity contribution in [1.29, 1.82) is 0 Å². The smallest absolute Gasteiger partial charge is 0.0633 e. The summed E-state index contributed by atoms with van der Waals surface area (Å²) in [6, 6.07) is 2.24. The van der Waals surface area contributed by atoms with E-state index in [1.807, 2.05) is 24.0 Å². The molecule has 0 radical (unpaired) electrons. The first-order valence-electron chi connectivity index (χ1n) is 5.78. The molecule has 1 aromatic heterocycles. The number of aryl methyl sites for hydroxylation is 2. The van der Waals surface area contributed by atoms with E-state index in [0.29, 0.717) is 6.61 Å². The molecule has 1 unspecified atom stereocenters. The van der Waals surface area contributed by atoms with Crippen molar-refractivity contribution in [3.05, 3.63) is 18.0 Å². The van der Waals surface area contributed by atoms with Crippen molar-refractivity contribution in [3.63, 3.8) is 0 Å². The number of nitrogens with zero attached hydrogens (tertiary/aromatic N) is 2. The first-order valence-corrected chi connectivity index (χ1v) is 5.78. The minimum absolute atomic E-state index is 0.210. The highest BCUT2D eigenvalue weighted by atomic mass is 16.5. The van der Waals surface area contributed by atoms with Gasteiger partial charge in [0, 0.05) is 31.6 Å². The Morgan fingerprint density at radius 1 is 1.62 bits per heavy atom. The second-order valence-corrected chi connectivity index (χ2v) is 3.92. The summed E-state index contributed by atoms with van der Waals surface area (Å²) in [4.78, 5) is 0. The van der Waals surface area contributed by atoms with Crippen LogP contribution in [0.15, 0.2) is 12.3 Å². The highest BCUT2D eigenvalue weighted by molar-refractivity contribution is 5.00. The number of hydrogen-bond donors (Lipinski definition) is 2. The van der Waals surface area contributed by atoms with E-state index in [1.165, 1.54) is 5.69 Å². The first-order chi connectivity index (χ1) is 7.77. The summed E-state index contributed by atoms with van der Waals surface area (Å²) in [5.41, 5.74) is 4.01. The average Bonchev–Trinajstić information content (AvgIpc) is 2.69. The summed E-state index contributed by atoms with van der Waals surface area (Å²) < 4.78 is 7.36. The largest absolute Gasteiger partial charge is 0.380 e. The third-order valence-corrected chi connectivity index (χ3v) is 2.57. The maximum Gasteiger partial charge on any atom is 0.0633 e. The SMILES string of the molecule is CCCOCC(CCc1ccnn1C)NN. The summed E-state index contributed by atoms with van der Waals surface area (Å²) in [6.45, 7) is 3.56. The molecule has 92 valence electrons. The number of ether oxygens (including phenoxy) is 1. The first kappa shape index (κ1) is 13.2. The van der Waals surface area contributed by atoms with Gasteiger partial charge in [-0.1, -0.05) is 6.92 Å². The van der Waals surface area contributed by atoms with Gasteiger partial charge in [0.2, 0.25) is 0 Å². The molecule has 1 heterocycles. The van der Waals surface area contributed by atoms with Crippen LogP contribution in [0, 0.1) is 0 Å². The summed E-state index contributed by atoms with van der Waals surface area (Å²) >= 11 is 0. The molecule has 0 aliphatic heterocycles. The van der Waals surface area contributed by atoms with Crippen molar-refractivity contribution in [2.75, 3.05) is 13.2 Å². The van der Waals surface area contributed by atoms with Gasteiger partial charge in [0.25, 0.3) is 0 Å². The Labute approximate surface area is 96.9 Å². The Hall–Kier alpha value is -0.910. The van der Waals surface area contributed by atoms with Crippen LogP contribution in [0.25, 0.3) is 0 Å². The van der Waals surface area contributed by atoms with E-state index in [9.17, 15) is 0 Å². The summed E-state index contributed by atoms with van der Waals surface area (Å²) in [5, 5.41) is 4.13. The van der Waals surface area contributed by atoms with Crippen LogP contribution in [0.5, 0.6) is 0 Å². The third kappa shape index (κ3) is 4.30. The molecule has 0 saturated heterocycles. The molecule has 0 saturated carbocycles. The summed E-state index contributed by atoms with van der Waals surface area (Å²) in [7, 11) is 1.95. The number of aromatic nitrogens is 2. The number of nitrogens with one attached hydrogen (secondary N) is 1. The number of hydrogen-bond acceptors (Lipinski definition) is 4. The zero-order valence-electron chi connectivity index (χ0n) is 10.1. The van der Waals surface area contributed by atoms with Crippen LogP contribution in [-0.2, 0) is 18.2 Å². The van der Waals surface area contributed by atoms with Gasteiger partial charge in [-0.05, 0) is 25.3 Å². The van der Waals surface area contributed by atoms with Gasteiger partial charge in [-0.3, -0.25) is 16.0 Å². The van der Waals surface area contributed by atoms with Crippen molar-refractivity contribution in [2.45, 2.75) is 32.2 Å². The van der Waals surface area contributed by atoms with Gasteiger partial charge in [-0.2, -0.15) is 5.10 Å². The van der Waals surface area contributed by atoms with Crippen LogP contribution in [0.2, 0.25) is 0 Å². The fourth-order valence-electron chi connectivity index (χ4n) is 1.55. The molecule has 0 spiro atoms. The summed E-state index contributed by atoms with van der Waals surface area (Å²) in [6.07, 6.45) is 4.77. The van der Waals surface area contributed by atoms with E-state index in [-0.39, 0.29) is 6.04 Å². The normalized spacial score (nSPS) is 12.9. The second kappa shape index (κ2) is 7.38. The van der Waals surface area contributed by atoms with E-state index in [2.05, 4.69) is 17.4 Å². The molecule has 0 aromatic carbocycles. The van der Waals surface area contributed by atoms with Crippen molar-refractivity contribution in [2.24, 2.45) is 12.9 Å². The minimum Gasteiger partial charge on any atom is -0.380 e. The number of rotatable bonds is 8. The molecular weight excluding hydrogens is 204 g/mol. The molecule has 0 aliphatic carbocycles. The minimum atomic E-state index is 0.210. The highest BCUT2D eigenvalue weighted by Gasteiger charge is 2.08.